The smallest absolute Gasteiger partial charge is 0.242 e. The first-order chi connectivity index (χ1) is 7.94. The van der Waals surface area contributed by atoms with Crippen LogP contribution in [-0.2, 0) is 15.6 Å². The Kier molecular flexibility index (Phi) is 3.17. The van der Waals surface area contributed by atoms with Crippen LogP contribution < -0.4 is 0 Å². The number of sulfone groups is 1. The van der Waals surface area contributed by atoms with Crippen LogP contribution in [0.5, 0.6) is 0 Å². The molecule has 0 N–H and O–H groups in total. The number of hydrogen-bond donors (Lipinski definition) is 0. The van der Waals surface area contributed by atoms with Crippen LogP contribution in [0.15, 0.2) is 28.8 Å². The molecular formula is C10H9ClN2O3S. The Morgan fingerprint density at radius 2 is 1.94 bits per heavy atom. The average Bonchev–Trinajstić information content (AvgIpc) is 2.64. The van der Waals surface area contributed by atoms with Gasteiger partial charge in [-0.3, -0.25) is 0 Å². The summed E-state index contributed by atoms with van der Waals surface area (Å²) < 4.78 is 26.9. The van der Waals surface area contributed by atoms with Crippen molar-refractivity contribution in [2.24, 2.45) is 0 Å². The molecular weight excluding hydrogens is 264 g/mol. The van der Waals surface area contributed by atoms with Gasteiger partial charge in [0.1, 0.15) is 5.75 Å². The predicted molar refractivity (Wildman–Crippen MR) is 63.3 cm³/mol. The molecule has 7 heteroatoms. The highest BCUT2D eigenvalue weighted by molar-refractivity contribution is 7.89. The van der Waals surface area contributed by atoms with Crippen LogP contribution in [0.4, 0.5) is 0 Å². The summed E-state index contributed by atoms with van der Waals surface area (Å²) in [5, 5.41) is 4.31. The van der Waals surface area contributed by atoms with E-state index in [2.05, 4.69) is 10.1 Å². The van der Waals surface area contributed by atoms with Gasteiger partial charge < -0.3 is 4.52 Å². The Morgan fingerprint density at radius 1 is 1.29 bits per heavy atom. The second-order valence-electron chi connectivity index (χ2n) is 3.59. The molecule has 1 aromatic carbocycles. The van der Waals surface area contributed by atoms with Gasteiger partial charge in [-0.15, -0.1) is 0 Å². The van der Waals surface area contributed by atoms with Gasteiger partial charge in [-0.05, 0) is 24.3 Å². The topological polar surface area (TPSA) is 73.1 Å². The first-order valence-corrected chi connectivity index (χ1v) is 7.14. The van der Waals surface area contributed by atoms with Crippen molar-refractivity contribution in [3.63, 3.8) is 0 Å². The molecule has 0 unspecified atom stereocenters. The molecule has 5 nitrogen and oxygen atoms in total. The highest BCUT2D eigenvalue weighted by Gasteiger charge is 2.13. The van der Waals surface area contributed by atoms with E-state index >= 15 is 0 Å². The molecule has 0 aliphatic heterocycles. The molecule has 2 aromatic rings. The Hall–Kier alpha value is -1.40. The standard InChI is InChI=1S/C10H9ClN2O3S/c1-17(14,15)6-9-12-10(13-16-9)7-2-4-8(11)5-3-7/h2-5H,6H2,1H3. The summed E-state index contributed by atoms with van der Waals surface area (Å²) in [5.41, 5.74) is 0.720. The number of aromatic nitrogens is 2. The van der Waals surface area contributed by atoms with Gasteiger partial charge in [-0.1, -0.05) is 16.8 Å². The van der Waals surface area contributed by atoms with E-state index in [0.717, 1.165) is 11.8 Å². The predicted octanol–water partition coefficient (Wildman–Crippen LogP) is 1.93. The van der Waals surface area contributed by atoms with E-state index in [0.29, 0.717) is 10.8 Å². The summed E-state index contributed by atoms with van der Waals surface area (Å²) in [5.74, 6) is 0.172. The van der Waals surface area contributed by atoms with Crippen molar-refractivity contribution in [2.75, 3.05) is 6.26 Å². The maximum Gasteiger partial charge on any atom is 0.242 e. The van der Waals surface area contributed by atoms with Gasteiger partial charge >= 0.3 is 0 Å². The van der Waals surface area contributed by atoms with E-state index in [4.69, 9.17) is 16.1 Å². The molecule has 1 heterocycles. The summed E-state index contributed by atoms with van der Waals surface area (Å²) in [6, 6.07) is 6.86. The van der Waals surface area contributed by atoms with Gasteiger partial charge in [0.25, 0.3) is 0 Å². The van der Waals surface area contributed by atoms with Gasteiger partial charge in [0.05, 0.1) is 0 Å². The minimum absolute atomic E-state index is 0.0810. The molecule has 0 radical (unpaired) electrons. The minimum Gasteiger partial charge on any atom is -0.338 e. The fourth-order valence-corrected chi connectivity index (χ4v) is 1.95. The first-order valence-electron chi connectivity index (χ1n) is 4.70. The van der Waals surface area contributed by atoms with Crippen molar-refractivity contribution < 1.29 is 12.9 Å². The third kappa shape index (κ3) is 3.28. The zero-order valence-electron chi connectivity index (χ0n) is 8.92. The average molecular weight is 273 g/mol. The SMILES string of the molecule is CS(=O)(=O)Cc1nc(-c2ccc(Cl)cc2)no1. The van der Waals surface area contributed by atoms with E-state index < -0.39 is 9.84 Å². The lowest BCUT2D eigenvalue weighted by Crippen LogP contribution is -2.00. The molecule has 0 fully saturated rings. The number of nitrogens with zero attached hydrogens (tertiary/aromatic N) is 2. The third-order valence-electron chi connectivity index (χ3n) is 1.96. The maximum absolute atomic E-state index is 11.0. The van der Waals surface area contributed by atoms with Crippen LogP contribution in [-0.4, -0.2) is 24.8 Å². The van der Waals surface area contributed by atoms with Gasteiger partial charge in [0.15, 0.2) is 9.84 Å². The fourth-order valence-electron chi connectivity index (χ4n) is 1.25. The Balaban J connectivity index is 2.27. The third-order valence-corrected chi connectivity index (χ3v) is 2.98. The maximum atomic E-state index is 11.0. The van der Waals surface area contributed by atoms with Crippen molar-refractivity contribution in [3.05, 3.63) is 35.2 Å². The van der Waals surface area contributed by atoms with E-state index in [-0.39, 0.29) is 11.6 Å². The van der Waals surface area contributed by atoms with Crippen LogP contribution in [0.2, 0.25) is 5.02 Å². The molecule has 0 amide bonds. The van der Waals surface area contributed by atoms with E-state index in [1.165, 1.54) is 0 Å². The summed E-state index contributed by atoms with van der Waals surface area (Å²) in [7, 11) is -3.17. The monoisotopic (exact) mass is 272 g/mol. The highest BCUT2D eigenvalue weighted by Crippen LogP contribution is 2.19. The van der Waals surface area contributed by atoms with Crippen LogP contribution in [0, 0.1) is 0 Å². The number of rotatable bonds is 3. The van der Waals surface area contributed by atoms with Gasteiger partial charge in [0, 0.05) is 16.8 Å². The molecule has 0 aliphatic rings. The number of benzene rings is 1. The van der Waals surface area contributed by atoms with Crippen molar-refractivity contribution in [1.29, 1.82) is 0 Å². The van der Waals surface area contributed by atoms with Crippen LogP contribution in [0.3, 0.4) is 0 Å². The molecule has 0 atom stereocenters. The normalized spacial score (nSPS) is 11.6. The lowest BCUT2D eigenvalue weighted by Gasteiger charge is -1.93. The second kappa shape index (κ2) is 4.46. The molecule has 0 bridgehead atoms. The first kappa shape index (κ1) is 12.1. The Morgan fingerprint density at radius 3 is 2.53 bits per heavy atom. The number of hydrogen-bond acceptors (Lipinski definition) is 5. The van der Waals surface area contributed by atoms with Gasteiger partial charge in [-0.2, -0.15) is 4.98 Å². The molecule has 0 saturated heterocycles. The quantitative estimate of drug-likeness (QED) is 0.854. The van der Waals surface area contributed by atoms with Crippen molar-refractivity contribution in [3.8, 4) is 11.4 Å². The molecule has 90 valence electrons. The summed E-state index contributed by atoms with van der Waals surface area (Å²) in [6.45, 7) is 0. The summed E-state index contributed by atoms with van der Waals surface area (Å²) >= 11 is 5.75. The van der Waals surface area contributed by atoms with Crippen molar-refractivity contribution in [1.82, 2.24) is 10.1 Å². The van der Waals surface area contributed by atoms with Gasteiger partial charge in [-0.25, -0.2) is 8.42 Å². The highest BCUT2D eigenvalue weighted by atomic mass is 35.5. The lowest BCUT2D eigenvalue weighted by molar-refractivity contribution is 0.389. The lowest BCUT2D eigenvalue weighted by atomic mass is 10.2. The molecule has 2 rings (SSSR count). The van der Waals surface area contributed by atoms with Crippen LogP contribution in [0.1, 0.15) is 5.89 Å². The zero-order chi connectivity index (χ0) is 12.5. The molecule has 0 saturated carbocycles. The Labute approximate surface area is 103 Å². The fraction of sp³-hybridized carbons (Fsp3) is 0.200. The Bertz CT molecular complexity index is 619. The van der Waals surface area contributed by atoms with E-state index in [1.807, 2.05) is 0 Å². The molecule has 0 aliphatic carbocycles. The second-order valence-corrected chi connectivity index (χ2v) is 6.17. The largest absolute Gasteiger partial charge is 0.338 e. The number of halogens is 1. The van der Waals surface area contributed by atoms with Gasteiger partial charge in [0.2, 0.25) is 11.7 Å². The summed E-state index contributed by atoms with van der Waals surface area (Å²) in [4.78, 5) is 4.00. The van der Waals surface area contributed by atoms with E-state index in [9.17, 15) is 8.42 Å². The summed E-state index contributed by atoms with van der Waals surface area (Å²) in [6.07, 6.45) is 1.11. The van der Waals surface area contributed by atoms with Crippen molar-refractivity contribution >= 4 is 21.4 Å². The van der Waals surface area contributed by atoms with Crippen molar-refractivity contribution in [2.45, 2.75) is 5.75 Å². The van der Waals surface area contributed by atoms with Crippen LogP contribution >= 0.6 is 11.6 Å². The molecule has 1 aromatic heterocycles. The van der Waals surface area contributed by atoms with E-state index in [1.54, 1.807) is 24.3 Å². The molecule has 0 spiro atoms. The van der Waals surface area contributed by atoms with Crippen LogP contribution in [0.25, 0.3) is 11.4 Å². The minimum atomic E-state index is -3.17. The molecule has 17 heavy (non-hydrogen) atoms. The zero-order valence-corrected chi connectivity index (χ0v) is 10.5.